The second-order valence-corrected chi connectivity index (χ2v) is 8.08. The third kappa shape index (κ3) is 4.72. The third-order valence-electron chi connectivity index (χ3n) is 5.34. The lowest BCUT2D eigenvalue weighted by molar-refractivity contribution is -0.214. The Bertz CT molecular complexity index is 1280. The molecule has 0 fully saturated rings. The zero-order chi connectivity index (χ0) is 25.2. The normalized spacial score (nSPS) is 15.4. The predicted molar refractivity (Wildman–Crippen MR) is 121 cm³/mol. The number of hydrazine groups is 2. The maximum Gasteiger partial charge on any atom is 0.323 e. The number of nitriles is 1. The van der Waals surface area contributed by atoms with Crippen molar-refractivity contribution >= 4 is 17.9 Å². The number of benzene rings is 2. The van der Waals surface area contributed by atoms with Crippen LogP contribution in [-0.2, 0) is 11.5 Å². The second-order valence-electron chi connectivity index (χ2n) is 7.64. The minimum absolute atomic E-state index is 0.0131. The van der Waals surface area contributed by atoms with Gasteiger partial charge in [0, 0.05) is 17.6 Å². The van der Waals surface area contributed by atoms with Crippen LogP contribution in [0.2, 0.25) is 5.02 Å². The van der Waals surface area contributed by atoms with Crippen LogP contribution >= 0.6 is 11.6 Å². The van der Waals surface area contributed by atoms with Gasteiger partial charge in [0.15, 0.2) is 5.60 Å². The molecule has 0 radical (unpaired) electrons. The molecule has 1 unspecified atom stereocenters. The topological polar surface area (TPSA) is 97.0 Å². The molecule has 0 amide bonds. The molecule has 12 heteroatoms. The first-order valence-electron chi connectivity index (χ1n) is 10.1. The van der Waals surface area contributed by atoms with Gasteiger partial charge < -0.3 is 9.84 Å². The van der Waals surface area contributed by atoms with Crippen LogP contribution in [0.3, 0.4) is 0 Å². The number of alkyl halides is 2. The van der Waals surface area contributed by atoms with Crippen LogP contribution < -0.4 is 10.3 Å². The van der Waals surface area contributed by atoms with E-state index in [0.29, 0.717) is 11.3 Å². The Kier molecular flexibility index (Phi) is 6.53. The summed E-state index contributed by atoms with van der Waals surface area (Å²) in [7, 11) is 1.48. The largest absolute Gasteiger partial charge is 0.456 e. The number of pyridine rings is 1. The molecule has 0 saturated carbocycles. The van der Waals surface area contributed by atoms with E-state index >= 15 is 8.78 Å². The van der Waals surface area contributed by atoms with E-state index in [4.69, 9.17) is 21.6 Å². The molecule has 0 spiro atoms. The van der Waals surface area contributed by atoms with Gasteiger partial charge in [0.05, 0.1) is 24.4 Å². The van der Waals surface area contributed by atoms with E-state index in [9.17, 15) is 9.50 Å². The Hall–Kier alpha value is -3.85. The lowest BCUT2D eigenvalue weighted by Crippen LogP contribution is -2.55. The number of hydrogen-bond donors (Lipinski definition) is 2. The van der Waals surface area contributed by atoms with Gasteiger partial charge in [-0.05, 0) is 48.5 Å². The highest BCUT2D eigenvalue weighted by Gasteiger charge is 2.58. The number of β-amino-alcohol motifs (C(OH)–C–C–N with tert-alkyl or cyclic N) is 1. The van der Waals surface area contributed by atoms with Crippen molar-refractivity contribution in [3.8, 4) is 17.6 Å². The van der Waals surface area contributed by atoms with Gasteiger partial charge in [0.2, 0.25) is 0 Å². The lowest BCUT2D eigenvalue weighted by Gasteiger charge is -2.39. The van der Waals surface area contributed by atoms with Crippen LogP contribution in [0.5, 0.6) is 11.5 Å². The monoisotopic (exact) mass is 502 g/mol. The SMILES string of the molecule is CN1NN=CN1CC(O)(c1ccc(Cl)cc1F)C(F)(F)c1ccc(Oc2ccc(C#N)cc2)cn1. The molecule has 1 atom stereocenters. The molecule has 1 aliphatic rings. The fourth-order valence-corrected chi connectivity index (χ4v) is 3.60. The molecule has 4 rings (SSSR count). The minimum atomic E-state index is -4.06. The lowest BCUT2D eigenvalue weighted by atomic mass is 9.84. The molecule has 0 bridgehead atoms. The number of nitrogens with zero attached hydrogens (tertiary/aromatic N) is 5. The molecular formula is C23H18ClF3N6O2. The van der Waals surface area contributed by atoms with E-state index in [1.165, 1.54) is 30.6 Å². The van der Waals surface area contributed by atoms with Crippen molar-refractivity contribution in [2.75, 3.05) is 13.6 Å². The number of halogens is 4. The van der Waals surface area contributed by atoms with Gasteiger partial charge in [0.1, 0.15) is 29.3 Å². The molecule has 8 nitrogen and oxygen atoms in total. The van der Waals surface area contributed by atoms with Gasteiger partial charge in [0.25, 0.3) is 0 Å². The molecule has 2 aromatic carbocycles. The maximum absolute atomic E-state index is 15.9. The maximum atomic E-state index is 15.9. The van der Waals surface area contributed by atoms with E-state index in [-0.39, 0.29) is 10.8 Å². The average molecular weight is 503 g/mol. The van der Waals surface area contributed by atoms with Crippen molar-refractivity contribution in [2.45, 2.75) is 11.5 Å². The standard InChI is InChI=1S/C23H18ClF3N6O2/c1-32-31-30-14-33(32)13-22(34,19-8-4-16(24)10-20(19)25)23(26,27)21-9-7-18(12-29-21)35-17-5-2-15(11-28)3-6-17/h2-10,12,14,31,34H,13H2,1H3. The van der Waals surface area contributed by atoms with E-state index in [1.54, 1.807) is 24.3 Å². The summed E-state index contributed by atoms with van der Waals surface area (Å²) in [6.45, 7) is -0.767. The Morgan fingerprint density at radius 1 is 1.14 bits per heavy atom. The number of ether oxygens (including phenoxy) is 1. The number of rotatable bonds is 7. The molecule has 2 heterocycles. The van der Waals surface area contributed by atoms with Crippen LogP contribution in [0.15, 0.2) is 65.9 Å². The van der Waals surface area contributed by atoms with Crippen molar-refractivity contribution in [3.63, 3.8) is 0 Å². The Morgan fingerprint density at radius 3 is 2.43 bits per heavy atom. The summed E-state index contributed by atoms with van der Waals surface area (Å²) >= 11 is 5.79. The summed E-state index contributed by atoms with van der Waals surface area (Å²) in [6.07, 6.45) is 2.24. The van der Waals surface area contributed by atoms with Gasteiger partial charge in [-0.1, -0.05) is 17.7 Å². The average Bonchev–Trinajstić information content (AvgIpc) is 3.23. The summed E-state index contributed by atoms with van der Waals surface area (Å²) in [5.41, 5.74) is -1.61. The van der Waals surface area contributed by atoms with Crippen LogP contribution in [0.4, 0.5) is 13.2 Å². The third-order valence-corrected chi connectivity index (χ3v) is 5.58. The quantitative estimate of drug-likeness (QED) is 0.501. The number of hydrazone groups is 1. The highest BCUT2D eigenvalue weighted by molar-refractivity contribution is 6.30. The van der Waals surface area contributed by atoms with Gasteiger partial charge >= 0.3 is 5.92 Å². The first kappa shape index (κ1) is 24.3. The second kappa shape index (κ2) is 9.42. The smallest absolute Gasteiger partial charge is 0.323 e. The fourth-order valence-electron chi connectivity index (χ4n) is 3.44. The van der Waals surface area contributed by atoms with Crippen molar-refractivity contribution in [1.82, 2.24) is 20.6 Å². The number of hydrogen-bond acceptors (Lipinski definition) is 8. The van der Waals surface area contributed by atoms with Crippen molar-refractivity contribution < 1.29 is 23.0 Å². The molecule has 0 aliphatic carbocycles. The van der Waals surface area contributed by atoms with Crippen LogP contribution in [-0.4, -0.2) is 40.1 Å². The van der Waals surface area contributed by atoms with Gasteiger partial charge in [-0.3, -0.25) is 9.99 Å². The molecule has 3 aromatic rings. The number of aliphatic hydroxyl groups is 1. The van der Waals surface area contributed by atoms with Crippen LogP contribution in [0.1, 0.15) is 16.8 Å². The summed E-state index contributed by atoms with van der Waals surface area (Å²) in [5.74, 6) is -4.65. The first-order valence-corrected chi connectivity index (χ1v) is 10.5. The molecule has 2 N–H and O–H groups in total. The van der Waals surface area contributed by atoms with E-state index < -0.39 is 35.1 Å². The molecule has 0 saturated heterocycles. The minimum Gasteiger partial charge on any atom is -0.456 e. The molecule has 1 aromatic heterocycles. The molecule has 35 heavy (non-hydrogen) atoms. The Morgan fingerprint density at radius 2 is 1.86 bits per heavy atom. The van der Waals surface area contributed by atoms with E-state index in [2.05, 4.69) is 15.6 Å². The fraction of sp³-hybridized carbons (Fsp3) is 0.174. The predicted octanol–water partition coefficient (Wildman–Crippen LogP) is 4.13. The van der Waals surface area contributed by atoms with Crippen LogP contribution in [0, 0.1) is 17.1 Å². The van der Waals surface area contributed by atoms with Crippen LogP contribution in [0.25, 0.3) is 0 Å². The zero-order valence-corrected chi connectivity index (χ0v) is 18.9. The van der Waals surface area contributed by atoms with Gasteiger partial charge in [-0.2, -0.15) is 19.1 Å². The summed E-state index contributed by atoms with van der Waals surface area (Å²) in [4.78, 5) is 3.80. The highest BCUT2D eigenvalue weighted by Crippen LogP contribution is 2.46. The number of nitrogens with one attached hydrogen (secondary N) is 1. The van der Waals surface area contributed by atoms with E-state index in [1.807, 2.05) is 6.07 Å². The molecule has 180 valence electrons. The van der Waals surface area contributed by atoms with Gasteiger partial charge in [-0.25, -0.2) is 9.93 Å². The van der Waals surface area contributed by atoms with Crippen molar-refractivity contribution in [3.05, 3.63) is 88.5 Å². The Labute approximate surface area is 203 Å². The van der Waals surface area contributed by atoms with Crippen molar-refractivity contribution in [2.24, 2.45) is 5.10 Å². The summed E-state index contributed by atoms with van der Waals surface area (Å²) in [6, 6.07) is 13.5. The Balaban J connectivity index is 1.68. The number of aromatic nitrogens is 1. The van der Waals surface area contributed by atoms with Gasteiger partial charge in [-0.15, -0.1) is 5.12 Å². The first-order chi connectivity index (χ1) is 16.6. The molecule has 1 aliphatic heterocycles. The van der Waals surface area contributed by atoms with E-state index in [0.717, 1.165) is 29.4 Å². The summed E-state index contributed by atoms with van der Waals surface area (Å²) in [5, 5.41) is 26.4. The highest BCUT2D eigenvalue weighted by atomic mass is 35.5. The zero-order valence-electron chi connectivity index (χ0n) is 18.2. The molecular weight excluding hydrogens is 485 g/mol. The van der Waals surface area contributed by atoms with Crippen molar-refractivity contribution in [1.29, 1.82) is 5.26 Å². The summed E-state index contributed by atoms with van der Waals surface area (Å²) < 4.78 is 52.2.